The maximum atomic E-state index is 14.1. The number of aliphatic hydroxyl groups is 2. The summed E-state index contributed by atoms with van der Waals surface area (Å²) in [5.74, 6) is 2.43. The summed E-state index contributed by atoms with van der Waals surface area (Å²) in [6, 6.07) is 26.1. The molecule has 49 heavy (non-hydrogen) atoms. The van der Waals surface area contributed by atoms with Crippen molar-refractivity contribution in [2.45, 2.75) is 57.5 Å². The maximum Gasteiger partial charge on any atom is 0.254 e. The molecule has 3 aromatic heterocycles. The number of aryl methyl sites for hydroxylation is 1. The molecular formula is C40H39N5O4. The monoisotopic (exact) mass is 653 g/mol. The van der Waals surface area contributed by atoms with Crippen molar-refractivity contribution in [2.75, 3.05) is 13.7 Å². The summed E-state index contributed by atoms with van der Waals surface area (Å²) in [4.78, 5) is 26.1. The van der Waals surface area contributed by atoms with Crippen molar-refractivity contribution in [3.05, 3.63) is 102 Å². The van der Waals surface area contributed by atoms with E-state index in [4.69, 9.17) is 14.7 Å². The van der Waals surface area contributed by atoms with Crippen LogP contribution in [0.15, 0.2) is 85.1 Å². The summed E-state index contributed by atoms with van der Waals surface area (Å²) in [5, 5.41) is 23.8. The number of imidazole rings is 1. The van der Waals surface area contributed by atoms with Gasteiger partial charge in [0.1, 0.15) is 23.0 Å². The Kier molecular flexibility index (Phi) is 7.10. The molecule has 6 aromatic rings. The van der Waals surface area contributed by atoms with Crippen molar-refractivity contribution < 1.29 is 19.7 Å². The van der Waals surface area contributed by atoms with Crippen LogP contribution in [0, 0.1) is 11.8 Å². The molecule has 2 N–H and O–H groups in total. The molecule has 3 aromatic carbocycles. The smallest absolute Gasteiger partial charge is 0.254 e. The Balaban J connectivity index is 1.26. The summed E-state index contributed by atoms with van der Waals surface area (Å²) in [6.07, 6.45) is 2.23. The minimum Gasteiger partial charge on any atom is -0.494 e. The number of nitrogens with zero attached hydrogens (tertiary/aromatic N) is 5. The van der Waals surface area contributed by atoms with Gasteiger partial charge < -0.3 is 29.0 Å². The molecule has 2 aliphatic heterocycles. The first-order chi connectivity index (χ1) is 23.9. The van der Waals surface area contributed by atoms with Crippen LogP contribution in [-0.4, -0.2) is 65.9 Å². The number of piperidine rings is 1. The Bertz CT molecular complexity index is 2250. The summed E-state index contributed by atoms with van der Waals surface area (Å²) >= 11 is 0. The van der Waals surface area contributed by atoms with Gasteiger partial charge in [0, 0.05) is 42.8 Å². The number of methoxy groups -OCH3 is 1. The minimum absolute atomic E-state index is 0.0333. The summed E-state index contributed by atoms with van der Waals surface area (Å²) in [7, 11) is 1.65. The molecule has 9 rings (SSSR count). The summed E-state index contributed by atoms with van der Waals surface area (Å²) in [6.45, 7) is 3.97. The van der Waals surface area contributed by atoms with Gasteiger partial charge in [-0.2, -0.15) is 0 Å². The molecule has 1 amide bonds. The Morgan fingerprint density at radius 1 is 0.939 bits per heavy atom. The normalized spacial score (nSPS) is 23.3. The maximum absolute atomic E-state index is 14.1. The highest BCUT2D eigenvalue weighted by Crippen LogP contribution is 2.44. The zero-order valence-corrected chi connectivity index (χ0v) is 27.7. The number of amides is 1. The van der Waals surface area contributed by atoms with Gasteiger partial charge in [0.05, 0.1) is 24.4 Å². The van der Waals surface area contributed by atoms with Crippen LogP contribution in [0.1, 0.15) is 53.8 Å². The van der Waals surface area contributed by atoms with E-state index in [9.17, 15) is 15.0 Å². The average Bonchev–Trinajstić information content (AvgIpc) is 3.88. The van der Waals surface area contributed by atoms with Gasteiger partial charge in [-0.25, -0.2) is 9.97 Å². The van der Waals surface area contributed by atoms with Gasteiger partial charge in [-0.1, -0.05) is 49.4 Å². The van der Waals surface area contributed by atoms with Crippen molar-refractivity contribution in [3.8, 4) is 28.4 Å². The van der Waals surface area contributed by atoms with Gasteiger partial charge in [0.15, 0.2) is 5.82 Å². The van der Waals surface area contributed by atoms with Crippen LogP contribution in [0.25, 0.3) is 44.7 Å². The molecule has 248 valence electrons. The van der Waals surface area contributed by atoms with Gasteiger partial charge in [-0.05, 0) is 89.8 Å². The highest BCUT2D eigenvalue weighted by molar-refractivity contribution is 6.00. The van der Waals surface area contributed by atoms with Crippen LogP contribution in [0.3, 0.4) is 0 Å². The molecule has 9 nitrogen and oxygen atoms in total. The highest BCUT2D eigenvalue weighted by atomic mass is 16.5. The number of hydrogen-bond acceptors (Lipinski definition) is 6. The number of benzene rings is 3. The van der Waals surface area contributed by atoms with Gasteiger partial charge in [-0.3, -0.25) is 4.79 Å². The quantitative estimate of drug-likeness (QED) is 0.223. The number of fused-ring (bicyclic) bond motifs is 13. The van der Waals surface area contributed by atoms with E-state index in [1.54, 1.807) is 13.3 Å². The van der Waals surface area contributed by atoms with Crippen LogP contribution < -0.4 is 4.74 Å². The molecule has 0 radical (unpaired) electrons. The van der Waals surface area contributed by atoms with Gasteiger partial charge in [-0.15, -0.1) is 0 Å². The molecule has 5 heterocycles. The zero-order valence-electron chi connectivity index (χ0n) is 27.7. The molecule has 0 unspecified atom stereocenters. The number of rotatable bonds is 2. The number of ether oxygens (including phenoxy) is 1. The van der Waals surface area contributed by atoms with Gasteiger partial charge >= 0.3 is 0 Å². The van der Waals surface area contributed by atoms with E-state index in [2.05, 4.69) is 39.2 Å². The predicted molar refractivity (Wildman–Crippen MR) is 188 cm³/mol. The van der Waals surface area contributed by atoms with Crippen molar-refractivity contribution in [1.82, 2.24) is 24.0 Å². The van der Waals surface area contributed by atoms with Gasteiger partial charge in [0.25, 0.3) is 5.91 Å². The Labute approximate surface area is 284 Å². The molecule has 0 spiro atoms. The van der Waals surface area contributed by atoms with Crippen LogP contribution in [0.2, 0.25) is 0 Å². The lowest BCUT2D eigenvalue weighted by atomic mass is 9.92. The van der Waals surface area contributed by atoms with E-state index >= 15 is 0 Å². The second kappa shape index (κ2) is 11.6. The molecular weight excluding hydrogens is 614 g/mol. The second-order valence-corrected chi connectivity index (χ2v) is 14.0. The second-order valence-electron chi connectivity index (χ2n) is 14.0. The summed E-state index contributed by atoms with van der Waals surface area (Å²) < 4.78 is 10.3. The van der Waals surface area contributed by atoms with Crippen LogP contribution >= 0.6 is 0 Å². The number of hydrogen-bond donors (Lipinski definition) is 2. The molecule has 9 heteroatoms. The lowest BCUT2D eigenvalue weighted by molar-refractivity contribution is 0.0115. The number of carbonyl (C=O) groups excluding carboxylic acids is 1. The Morgan fingerprint density at radius 2 is 1.82 bits per heavy atom. The zero-order chi connectivity index (χ0) is 33.4. The fourth-order valence-corrected chi connectivity index (χ4v) is 8.73. The first-order valence-electron chi connectivity index (χ1n) is 17.3. The van der Waals surface area contributed by atoms with Crippen molar-refractivity contribution in [1.29, 1.82) is 0 Å². The average molecular weight is 654 g/mol. The van der Waals surface area contributed by atoms with Gasteiger partial charge in [0.2, 0.25) is 0 Å². The molecule has 3 aliphatic rings. The highest BCUT2D eigenvalue weighted by Gasteiger charge is 2.46. The number of likely N-dealkylation sites (tertiary alicyclic amines) is 1. The molecule has 1 saturated carbocycles. The van der Waals surface area contributed by atoms with Crippen molar-refractivity contribution in [3.63, 3.8) is 0 Å². The molecule has 1 aliphatic carbocycles. The first-order valence-corrected chi connectivity index (χ1v) is 17.3. The Hall–Kier alpha value is -4.99. The molecule has 1 saturated heterocycles. The Morgan fingerprint density at radius 3 is 2.63 bits per heavy atom. The van der Waals surface area contributed by atoms with Crippen LogP contribution in [0.4, 0.5) is 0 Å². The van der Waals surface area contributed by atoms with E-state index in [1.807, 2.05) is 60.7 Å². The minimum atomic E-state index is -1.07. The number of aromatic nitrogens is 4. The van der Waals surface area contributed by atoms with E-state index < -0.39 is 12.2 Å². The number of pyridine rings is 1. The third-order valence-corrected chi connectivity index (χ3v) is 11.3. The van der Waals surface area contributed by atoms with E-state index in [0.717, 1.165) is 51.9 Å². The lowest BCUT2D eigenvalue weighted by Crippen LogP contribution is -2.38. The number of carbonyl (C=O) groups is 1. The van der Waals surface area contributed by atoms with E-state index in [1.165, 1.54) is 6.42 Å². The van der Waals surface area contributed by atoms with E-state index in [-0.39, 0.29) is 11.9 Å². The topological polar surface area (TPSA) is 106 Å². The fraction of sp³-hybridized carbons (Fsp3) is 0.325. The predicted octanol–water partition coefficient (Wildman–Crippen LogP) is 6.45. The van der Waals surface area contributed by atoms with Crippen molar-refractivity contribution in [2.24, 2.45) is 11.8 Å². The molecule has 5 atom stereocenters. The lowest BCUT2D eigenvalue weighted by Gasteiger charge is -2.27. The third kappa shape index (κ3) is 4.78. The fourth-order valence-electron chi connectivity index (χ4n) is 8.73. The van der Waals surface area contributed by atoms with Crippen LogP contribution in [0.5, 0.6) is 5.75 Å². The number of aliphatic hydroxyl groups excluding tert-OH is 2. The molecule has 4 bridgehead atoms. The third-order valence-electron chi connectivity index (χ3n) is 11.3. The first kappa shape index (κ1) is 30.1. The van der Waals surface area contributed by atoms with Crippen LogP contribution in [-0.2, 0) is 13.1 Å². The summed E-state index contributed by atoms with van der Waals surface area (Å²) in [5.41, 5.74) is 7.24. The van der Waals surface area contributed by atoms with E-state index in [0.29, 0.717) is 59.6 Å². The molecule has 2 fully saturated rings. The van der Waals surface area contributed by atoms with Crippen molar-refractivity contribution >= 4 is 28.0 Å². The standard InChI is InChI=1S/C40H39N5O4/c1-23-27-12-13-32(23)44(22-27)40(48)28-18-31-36(35(20-28)49-2)45-21-24-7-5-8-25(17-24)29-10-3-4-11-30(29)37(47)34(46)14-16-43-33(39(45)42-31)19-26-9-6-15-41-38(26)43/h3-11,15,17-20,23,27,32,34,37,46-47H,12-14,16,21-22H2,1-2H3/t23-,27-,32-,34-,37+/m1/s1. The SMILES string of the molecule is COc1cc(C(=O)N2C[C@H]3CC[C@@H]2[C@@H]3C)cc2nc3n(c12)Cc1cccc(c1)-c1ccccc1[C@H](O)[C@H](O)CCn1c-3cc2cccnc21. The largest absolute Gasteiger partial charge is 0.494 e.